The average molecular weight is 258 g/mol. The van der Waals surface area contributed by atoms with E-state index in [1.807, 2.05) is 13.1 Å². The van der Waals surface area contributed by atoms with Crippen LogP contribution in [0.1, 0.15) is 5.69 Å². The van der Waals surface area contributed by atoms with Crippen LogP contribution in [0.4, 0.5) is 5.69 Å². The molecule has 0 bridgehead atoms. The van der Waals surface area contributed by atoms with Crippen molar-refractivity contribution >= 4 is 16.8 Å². The van der Waals surface area contributed by atoms with Gasteiger partial charge in [0.15, 0.2) is 5.58 Å². The lowest BCUT2D eigenvalue weighted by Gasteiger charge is -2.03. The highest BCUT2D eigenvalue weighted by Crippen LogP contribution is 2.16. The smallest absolute Gasteiger partial charge is 0.408 e. The summed E-state index contributed by atoms with van der Waals surface area (Å²) in [6, 6.07) is 7.12. The number of benzene rings is 1. The van der Waals surface area contributed by atoms with Gasteiger partial charge in [0.2, 0.25) is 0 Å². The summed E-state index contributed by atoms with van der Waals surface area (Å²) in [5, 5.41) is 4.10. The minimum absolute atomic E-state index is 0.359. The van der Waals surface area contributed by atoms with Crippen LogP contribution >= 0.6 is 0 Å². The van der Waals surface area contributed by atoms with Gasteiger partial charge in [0.25, 0.3) is 0 Å². The van der Waals surface area contributed by atoms with Gasteiger partial charge in [-0.2, -0.15) is 5.10 Å². The van der Waals surface area contributed by atoms with Crippen molar-refractivity contribution in [3.05, 3.63) is 46.7 Å². The first-order valence-corrected chi connectivity index (χ1v) is 6.01. The van der Waals surface area contributed by atoms with Crippen molar-refractivity contribution in [2.24, 2.45) is 7.05 Å². The fraction of sp³-hybridized carbons (Fsp3) is 0.231. The van der Waals surface area contributed by atoms with E-state index in [1.54, 1.807) is 33.6 Å². The number of rotatable bonds is 3. The Labute approximate surface area is 109 Å². The molecule has 3 rings (SSSR count). The number of aryl methyl sites for hydroxylation is 3. The van der Waals surface area contributed by atoms with Gasteiger partial charge >= 0.3 is 5.76 Å². The van der Waals surface area contributed by atoms with Crippen LogP contribution in [0.3, 0.4) is 0 Å². The van der Waals surface area contributed by atoms with Gasteiger partial charge in [0, 0.05) is 37.6 Å². The van der Waals surface area contributed by atoms with Crippen molar-refractivity contribution in [1.29, 1.82) is 0 Å². The molecule has 1 aromatic carbocycles. The molecule has 6 nitrogen and oxygen atoms in total. The summed E-state index contributed by atoms with van der Waals surface area (Å²) in [5.41, 5.74) is 8.71. The van der Waals surface area contributed by atoms with E-state index in [4.69, 9.17) is 10.2 Å². The maximum Gasteiger partial charge on any atom is 0.419 e. The average Bonchev–Trinajstić information content (AvgIpc) is 2.90. The molecular formula is C13H14N4O2. The molecule has 0 saturated heterocycles. The molecule has 0 spiro atoms. The van der Waals surface area contributed by atoms with Crippen LogP contribution in [0.15, 0.2) is 39.7 Å². The Morgan fingerprint density at radius 3 is 2.95 bits per heavy atom. The Morgan fingerprint density at radius 1 is 1.37 bits per heavy atom. The molecule has 0 aliphatic rings. The second kappa shape index (κ2) is 4.31. The van der Waals surface area contributed by atoms with Gasteiger partial charge in [-0.05, 0) is 24.3 Å². The standard InChI is InChI=1S/C13H14N4O2/c1-16-10(4-6-15-16)5-7-17-11-8-9(14)2-3-12(11)19-13(17)18/h2-4,6,8H,5,7,14H2,1H3. The molecular weight excluding hydrogens is 244 g/mol. The number of nitrogens with zero attached hydrogens (tertiary/aromatic N) is 3. The maximum atomic E-state index is 11.8. The molecule has 0 amide bonds. The molecule has 3 aromatic rings. The van der Waals surface area contributed by atoms with Crippen LogP contribution in [0.2, 0.25) is 0 Å². The molecule has 19 heavy (non-hydrogen) atoms. The van der Waals surface area contributed by atoms with Crippen molar-refractivity contribution in [2.75, 3.05) is 5.73 Å². The summed E-state index contributed by atoms with van der Waals surface area (Å²) in [6.45, 7) is 0.537. The van der Waals surface area contributed by atoms with E-state index in [2.05, 4.69) is 5.10 Å². The monoisotopic (exact) mass is 258 g/mol. The van der Waals surface area contributed by atoms with Crippen LogP contribution in [-0.4, -0.2) is 14.3 Å². The number of hydrogen-bond acceptors (Lipinski definition) is 4. The van der Waals surface area contributed by atoms with Crippen LogP contribution < -0.4 is 11.5 Å². The highest BCUT2D eigenvalue weighted by atomic mass is 16.4. The van der Waals surface area contributed by atoms with Crippen LogP contribution in [0.25, 0.3) is 11.1 Å². The van der Waals surface area contributed by atoms with Crippen LogP contribution in [-0.2, 0) is 20.0 Å². The van der Waals surface area contributed by atoms with Gasteiger partial charge in [-0.25, -0.2) is 4.79 Å². The molecule has 98 valence electrons. The van der Waals surface area contributed by atoms with Crippen LogP contribution in [0, 0.1) is 0 Å². The van der Waals surface area contributed by atoms with Crippen molar-refractivity contribution in [3.8, 4) is 0 Å². The van der Waals surface area contributed by atoms with E-state index in [0.717, 1.165) is 11.2 Å². The van der Waals surface area contributed by atoms with E-state index < -0.39 is 0 Å². The van der Waals surface area contributed by atoms with E-state index in [1.165, 1.54) is 0 Å². The Kier molecular flexibility index (Phi) is 2.63. The number of oxazole rings is 1. The Morgan fingerprint density at radius 2 is 2.21 bits per heavy atom. The van der Waals surface area contributed by atoms with Gasteiger partial charge in [0.1, 0.15) is 0 Å². The fourth-order valence-corrected chi connectivity index (χ4v) is 2.16. The highest BCUT2D eigenvalue weighted by molar-refractivity contribution is 5.76. The van der Waals surface area contributed by atoms with Gasteiger partial charge in [-0.3, -0.25) is 9.25 Å². The normalized spacial score (nSPS) is 11.2. The largest absolute Gasteiger partial charge is 0.419 e. The number of aromatic nitrogens is 3. The number of nitrogens with two attached hydrogens (primary N) is 1. The third-order valence-corrected chi connectivity index (χ3v) is 3.21. The Hall–Kier alpha value is -2.50. The molecule has 2 aromatic heterocycles. The minimum Gasteiger partial charge on any atom is -0.408 e. The topological polar surface area (TPSA) is 79.0 Å². The molecule has 6 heteroatoms. The highest BCUT2D eigenvalue weighted by Gasteiger charge is 2.10. The van der Waals surface area contributed by atoms with Crippen molar-refractivity contribution in [2.45, 2.75) is 13.0 Å². The zero-order valence-electron chi connectivity index (χ0n) is 10.5. The van der Waals surface area contributed by atoms with E-state index in [0.29, 0.717) is 24.2 Å². The van der Waals surface area contributed by atoms with E-state index >= 15 is 0 Å². The Bertz CT molecular complexity index is 781. The third kappa shape index (κ3) is 2.01. The second-order valence-electron chi connectivity index (χ2n) is 4.44. The molecule has 0 fully saturated rings. The van der Waals surface area contributed by atoms with Gasteiger partial charge in [-0.15, -0.1) is 0 Å². The number of fused-ring (bicyclic) bond motifs is 1. The van der Waals surface area contributed by atoms with Gasteiger partial charge in [-0.1, -0.05) is 0 Å². The zero-order chi connectivity index (χ0) is 13.4. The van der Waals surface area contributed by atoms with Crippen molar-refractivity contribution < 1.29 is 4.42 Å². The first kappa shape index (κ1) is 11.6. The van der Waals surface area contributed by atoms with E-state index in [-0.39, 0.29) is 5.76 Å². The molecule has 0 aliphatic carbocycles. The van der Waals surface area contributed by atoms with Gasteiger partial charge < -0.3 is 10.2 Å². The predicted octanol–water partition coefficient (Wildman–Crippen LogP) is 1.15. The summed E-state index contributed by atoms with van der Waals surface area (Å²) >= 11 is 0. The van der Waals surface area contributed by atoms with Crippen LogP contribution in [0.5, 0.6) is 0 Å². The zero-order valence-corrected chi connectivity index (χ0v) is 10.5. The number of anilines is 1. The molecule has 0 radical (unpaired) electrons. The summed E-state index contributed by atoms with van der Waals surface area (Å²) in [6.07, 6.45) is 2.45. The predicted molar refractivity (Wildman–Crippen MR) is 71.8 cm³/mol. The summed E-state index contributed by atoms with van der Waals surface area (Å²) in [7, 11) is 1.88. The van der Waals surface area contributed by atoms with Gasteiger partial charge in [0.05, 0.1) is 5.52 Å². The Balaban J connectivity index is 1.96. The molecule has 2 N–H and O–H groups in total. The number of nitrogen functional groups attached to an aromatic ring is 1. The lowest BCUT2D eigenvalue weighted by Crippen LogP contribution is -2.16. The molecule has 0 aliphatic heterocycles. The lowest BCUT2D eigenvalue weighted by atomic mass is 10.2. The van der Waals surface area contributed by atoms with E-state index in [9.17, 15) is 4.79 Å². The first-order valence-electron chi connectivity index (χ1n) is 6.01. The molecule has 0 saturated carbocycles. The minimum atomic E-state index is -0.359. The summed E-state index contributed by atoms with van der Waals surface area (Å²) in [4.78, 5) is 11.8. The number of hydrogen-bond donors (Lipinski definition) is 1. The van der Waals surface area contributed by atoms with Crippen molar-refractivity contribution in [1.82, 2.24) is 14.3 Å². The molecule has 2 heterocycles. The molecule has 0 unspecified atom stereocenters. The lowest BCUT2D eigenvalue weighted by molar-refractivity contribution is 0.501. The SMILES string of the molecule is Cn1nccc1CCn1c(=O)oc2ccc(N)cc21. The maximum absolute atomic E-state index is 11.8. The summed E-state index contributed by atoms with van der Waals surface area (Å²) < 4.78 is 8.57. The van der Waals surface area contributed by atoms with Crippen molar-refractivity contribution in [3.63, 3.8) is 0 Å². The second-order valence-corrected chi connectivity index (χ2v) is 4.44. The summed E-state index contributed by atoms with van der Waals surface area (Å²) in [5.74, 6) is -0.359. The quantitative estimate of drug-likeness (QED) is 0.715. The fourth-order valence-electron chi connectivity index (χ4n) is 2.16. The first-order chi connectivity index (χ1) is 9.15. The molecule has 0 atom stereocenters. The third-order valence-electron chi connectivity index (χ3n) is 3.21.